The molecule has 1 unspecified atom stereocenters. The maximum atomic E-state index is 14.5. The first kappa shape index (κ1) is 12.0. The Kier molecular flexibility index (Phi) is 4.40. The Morgan fingerprint density at radius 1 is 1.14 bits per heavy atom. The van der Waals surface area contributed by atoms with Gasteiger partial charge in [-0.05, 0) is 37.5 Å². The Labute approximate surface area is 88.3 Å². The zero-order valence-electron chi connectivity index (χ0n) is 9.98. The zero-order valence-corrected chi connectivity index (χ0v) is 9.98. The van der Waals surface area contributed by atoms with Crippen LogP contribution in [0.3, 0.4) is 0 Å². The Hall–Kier alpha value is -0.0700. The van der Waals surface area contributed by atoms with Gasteiger partial charge in [0.1, 0.15) is 5.67 Å². The molecule has 0 heterocycles. The van der Waals surface area contributed by atoms with Crippen molar-refractivity contribution < 1.29 is 4.39 Å². The Morgan fingerprint density at radius 3 is 2.14 bits per heavy atom. The quantitative estimate of drug-likeness (QED) is 0.615. The van der Waals surface area contributed by atoms with Crippen molar-refractivity contribution in [1.82, 2.24) is 0 Å². The third-order valence-electron chi connectivity index (χ3n) is 4.00. The van der Waals surface area contributed by atoms with Gasteiger partial charge in [-0.3, -0.25) is 0 Å². The predicted molar refractivity (Wildman–Crippen MR) is 60.2 cm³/mol. The summed E-state index contributed by atoms with van der Waals surface area (Å²) in [6.07, 6.45) is 7.16. The van der Waals surface area contributed by atoms with E-state index in [-0.39, 0.29) is 0 Å². The van der Waals surface area contributed by atoms with Gasteiger partial charge in [0.2, 0.25) is 0 Å². The van der Waals surface area contributed by atoms with Crippen molar-refractivity contribution >= 4 is 0 Å². The molecule has 1 saturated carbocycles. The highest BCUT2D eigenvalue weighted by Gasteiger charge is 2.37. The Balaban J connectivity index is 2.52. The SMILES string of the molecule is CCCC(F)(CC)C1CCC(C)CC1. The van der Waals surface area contributed by atoms with Crippen LogP contribution in [0.4, 0.5) is 4.39 Å². The minimum Gasteiger partial charge on any atom is -0.244 e. The van der Waals surface area contributed by atoms with Crippen LogP contribution < -0.4 is 0 Å². The molecular formula is C13H25F. The third-order valence-corrected chi connectivity index (χ3v) is 4.00. The van der Waals surface area contributed by atoms with Crippen LogP contribution in [0.15, 0.2) is 0 Å². The maximum absolute atomic E-state index is 14.5. The highest BCUT2D eigenvalue weighted by molar-refractivity contribution is 4.88. The van der Waals surface area contributed by atoms with E-state index in [9.17, 15) is 4.39 Å². The van der Waals surface area contributed by atoms with Gasteiger partial charge in [0.15, 0.2) is 0 Å². The summed E-state index contributed by atoms with van der Waals surface area (Å²) in [7, 11) is 0. The van der Waals surface area contributed by atoms with Crippen molar-refractivity contribution in [2.75, 3.05) is 0 Å². The lowest BCUT2D eigenvalue weighted by molar-refractivity contribution is 0.0344. The molecule has 0 nitrogen and oxygen atoms in total. The van der Waals surface area contributed by atoms with Crippen LogP contribution in [0.1, 0.15) is 65.7 Å². The molecule has 0 bridgehead atoms. The van der Waals surface area contributed by atoms with Gasteiger partial charge in [0.05, 0.1) is 0 Å². The number of hydrogen-bond acceptors (Lipinski definition) is 0. The number of halogens is 1. The molecule has 0 saturated heterocycles. The highest BCUT2D eigenvalue weighted by atomic mass is 19.1. The first-order valence-electron chi connectivity index (χ1n) is 6.31. The molecule has 0 amide bonds. The molecule has 0 aliphatic heterocycles. The summed E-state index contributed by atoms with van der Waals surface area (Å²) in [6.45, 7) is 6.39. The van der Waals surface area contributed by atoms with Crippen LogP contribution in [0, 0.1) is 11.8 Å². The van der Waals surface area contributed by atoms with Crippen molar-refractivity contribution in [3.05, 3.63) is 0 Å². The molecule has 0 N–H and O–H groups in total. The molecule has 1 heteroatoms. The smallest absolute Gasteiger partial charge is 0.113 e. The molecule has 84 valence electrons. The second kappa shape index (κ2) is 5.14. The van der Waals surface area contributed by atoms with Crippen molar-refractivity contribution in [1.29, 1.82) is 0 Å². The maximum Gasteiger partial charge on any atom is 0.113 e. The summed E-state index contributed by atoms with van der Waals surface area (Å²) < 4.78 is 14.5. The monoisotopic (exact) mass is 200 g/mol. The summed E-state index contributed by atoms with van der Waals surface area (Å²) in [5.74, 6) is 1.18. The lowest BCUT2D eigenvalue weighted by Crippen LogP contribution is -2.35. The van der Waals surface area contributed by atoms with E-state index in [1.165, 1.54) is 12.8 Å². The molecule has 1 atom stereocenters. The molecule has 1 aliphatic rings. The predicted octanol–water partition coefficient (Wildman–Crippen LogP) is 4.73. The molecule has 1 aliphatic carbocycles. The summed E-state index contributed by atoms with van der Waals surface area (Å²) in [4.78, 5) is 0. The van der Waals surface area contributed by atoms with Crippen LogP contribution in [-0.2, 0) is 0 Å². The van der Waals surface area contributed by atoms with Crippen LogP contribution in [0.25, 0.3) is 0 Å². The highest BCUT2D eigenvalue weighted by Crippen LogP contribution is 2.41. The number of rotatable bonds is 4. The number of alkyl halides is 1. The van der Waals surface area contributed by atoms with Crippen LogP contribution in [0.2, 0.25) is 0 Å². The van der Waals surface area contributed by atoms with Crippen LogP contribution >= 0.6 is 0 Å². The second-order valence-corrected chi connectivity index (χ2v) is 5.09. The largest absolute Gasteiger partial charge is 0.244 e. The van der Waals surface area contributed by atoms with Crippen molar-refractivity contribution in [3.63, 3.8) is 0 Å². The van der Waals surface area contributed by atoms with Gasteiger partial charge in [-0.1, -0.05) is 40.0 Å². The molecule has 0 spiro atoms. The van der Waals surface area contributed by atoms with Crippen LogP contribution in [0.5, 0.6) is 0 Å². The second-order valence-electron chi connectivity index (χ2n) is 5.09. The molecule has 1 rings (SSSR count). The van der Waals surface area contributed by atoms with E-state index in [1.807, 2.05) is 6.92 Å². The summed E-state index contributed by atoms with van der Waals surface area (Å²) in [6, 6.07) is 0. The zero-order chi connectivity index (χ0) is 10.6. The average Bonchev–Trinajstić information content (AvgIpc) is 2.19. The van der Waals surface area contributed by atoms with Crippen molar-refractivity contribution in [2.45, 2.75) is 71.4 Å². The molecule has 0 aromatic rings. The van der Waals surface area contributed by atoms with Gasteiger partial charge >= 0.3 is 0 Å². The third kappa shape index (κ3) is 2.71. The van der Waals surface area contributed by atoms with E-state index < -0.39 is 5.67 Å². The van der Waals surface area contributed by atoms with E-state index in [2.05, 4.69) is 13.8 Å². The van der Waals surface area contributed by atoms with Crippen LogP contribution in [-0.4, -0.2) is 5.67 Å². The summed E-state index contributed by atoms with van der Waals surface area (Å²) >= 11 is 0. The van der Waals surface area contributed by atoms with Crippen molar-refractivity contribution in [2.24, 2.45) is 11.8 Å². The van der Waals surface area contributed by atoms with Gasteiger partial charge in [0.25, 0.3) is 0 Å². The lowest BCUT2D eigenvalue weighted by Gasteiger charge is -2.37. The van der Waals surface area contributed by atoms with E-state index in [0.29, 0.717) is 12.3 Å². The fourth-order valence-corrected chi connectivity index (χ4v) is 2.86. The minimum atomic E-state index is -0.852. The van der Waals surface area contributed by atoms with E-state index in [1.54, 1.807) is 0 Å². The molecule has 0 aromatic heterocycles. The molecule has 0 aromatic carbocycles. The normalized spacial score (nSPS) is 32.6. The van der Waals surface area contributed by atoms with Gasteiger partial charge < -0.3 is 0 Å². The molecule has 0 radical (unpaired) electrons. The Bertz CT molecular complexity index is 159. The first-order valence-corrected chi connectivity index (χ1v) is 6.31. The standard InChI is InChI=1S/C13H25F/c1-4-10-13(14,5-2)12-8-6-11(3)7-9-12/h11-12H,4-10H2,1-3H3. The average molecular weight is 200 g/mol. The fraction of sp³-hybridized carbons (Fsp3) is 1.00. The minimum absolute atomic E-state index is 0.351. The van der Waals surface area contributed by atoms with E-state index >= 15 is 0 Å². The molecular weight excluding hydrogens is 175 g/mol. The van der Waals surface area contributed by atoms with Gasteiger partial charge in [-0.25, -0.2) is 4.39 Å². The van der Waals surface area contributed by atoms with Gasteiger partial charge in [0, 0.05) is 0 Å². The number of hydrogen-bond donors (Lipinski definition) is 0. The lowest BCUT2D eigenvalue weighted by atomic mass is 9.72. The first-order chi connectivity index (χ1) is 6.62. The van der Waals surface area contributed by atoms with Crippen molar-refractivity contribution in [3.8, 4) is 0 Å². The Morgan fingerprint density at radius 2 is 1.71 bits per heavy atom. The van der Waals surface area contributed by atoms with Gasteiger partial charge in [-0.2, -0.15) is 0 Å². The summed E-state index contributed by atoms with van der Waals surface area (Å²) in [5, 5.41) is 0. The summed E-state index contributed by atoms with van der Waals surface area (Å²) in [5.41, 5.74) is -0.852. The fourth-order valence-electron chi connectivity index (χ4n) is 2.86. The molecule has 1 fully saturated rings. The molecule has 14 heavy (non-hydrogen) atoms. The topological polar surface area (TPSA) is 0 Å². The van der Waals surface area contributed by atoms with E-state index in [4.69, 9.17) is 0 Å². The van der Waals surface area contributed by atoms with E-state index in [0.717, 1.165) is 31.6 Å². The van der Waals surface area contributed by atoms with Gasteiger partial charge in [-0.15, -0.1) is 0 Å².